The van der Waals surface area contributed by atoms with Crippen LogP contribution in [0.25, 0.3) is 0 Å². The number of hydrogen-bond donors (Lipinski definition) is 4. The lowest BCUT2D eigenvalue weighted by atomic mass is 9.83. The predicted molar refractivity (Wildman–Crippen MR) is 192 cm³/mol. The number of nitrogens with zero attached hydrogens (tertiary/aromatic N) is 1. The molecule has 12 heteroatoms. The van der Waals surface area contributed by atoms with Crippen LogP contribution in [0.4, 0.5) is 0 Å². The van der Waals surface area contributed by atoms with E-state index in [0.717, 1.165) is 36.0 Å². The number of carbonyl (C=O) groups is 3. The van der Waals surface area contributed by atoms with E-state index >= 15 is 0 Å². The Hall–Kier alpha value is -3.55. The van der Waals surface area contributed by atoms with E-state index in [0.29, 0.717) is 65.0 Å². The second-order valence-electron chi connectivity index (χ2n) is 14.1. The summed E-state index contributed by atoms with van der Waals surface area (Å²) in [5.74, 6) is -0.119. The first-order valence-corrected chi connectivity index (χ1v) is 17.9. The van der Waals surface area contributed by atoms with Crippen molar-refractivity contribution >= 4 is 17.7 Å². The van der Waals surface area contributed by atoms with Crippen molar-refractivity contribution in [3.63, 3.8) is 0 Å². The number of ether oxygens (including phenoxy) is 4. The van der Waals surface area contributed by atoms with Gasteiger partial charge in [0.15, 0.2) is 0 Å². The van der Waals surface area contributed by atoms with Crippen LogP contribution in [-0.2, 0) is 48.0 Å². The molecule has 0 saturated carbocycles. The molecule has 50 heavy (non-hydrogen) atoms. The number of amides is 3. The molecule has 5 N–H and O–H groups in total. The van der Waals surface area contributed by atoms with Gasteiger partial charge in [-0.15, -0.1) is 0 Å². The standard InChI is InChI=1S/C38H57N5O7/c1-26(40-5)35(44)42-34(38(2,3)4)37(46)43-25-29-23-30(50-22-21-49-20-19-48-18-17-47-16-15-39)14-13-28(29)24-33(43)36(45)41-32-12-8-10-27-9-6-7-11-31(27)32/h6-7,9,11,13-14,23,26,32-34,40H,8,10,12,15-22,24-25,39H2,1-5H3,(H,41,45)(H,42,44)/t26-,32+,33-,34+/m0/s1. The third-order valence-corrected chi connectivity index (χ3v) is 9.31. The lowest BCUT2D eigenvalue weighted by Gasteiger charge is -2.41. The third kappa shape index (κ3) is 11.0. The third-order valence-electron chi connectivity index (χ3n) is 9.31. The Morgan fingerprint density at radius 3 is 2.28 bits per heavy atom. The topological polar surface area (TPSA) is 153 Å². The van der Waals surface area contributed by atoms with Crippen LogP contribution in [0.5, 0.6) is 5.75 Å². The van der Waals surface area contributed by atoms with Crippen LogP contribution in [0.2, 0.25) is 0 Å². The largest absolute Gasteiger partial charge is 0.491 e. The predicted octanol–water partition coefficient (Wildman–Crippen LogP) is 2.66. The number of aryl methyl sites for hydroxylation is 1. The van der Waals surface area contributed by atoms with Crippen molar-refractivity contribution in [1.82, 2.24) is 20.9 Å². The van der Waals surface area contributed by atoms with Gasteiger partial charge in [0.25, 0.3) is 0 Å². The van der Waals surface area contributed by atoms with Gasteiger partial charge in [0.1, 0.15) is 24.4 Å². The number of nitrogens with one attached hydrogen (secondary N) is 3. The van der Waals surface area contributed by atoms with E-state index in [1.54, 1.807) is 18.9 Å². The molecule has 4 rings (SSSR count). The van der Waals surface area contributed by atoms with E-state index in [-0.39, 0.29) is 30.3 Å². The van der Waals surface area contributed by atoms with E-state index in [4.69, 9.17) is 24.7 Å². The van der Waals surface area contributed by atoms with Crippen LogP contribution < -0.4 is 26.4 Å². The van der Waals surface area contributed by atoms with Crippen molar-refractivity contribution in [3.05, 3.63) is 64.7 Å². The summed E-state index contributed by atoms with van der Waals surface area (Å²) in [4.78, 5) is 43.4. The number of likely N-dealkylation sites (N-methyl/N-ethyl adjacent to an activating group) is 1. The molecule has 0 fully saturated rings. The van der Waals surface area contributed by atoms with Gasteiger partial charge >= 0.3 is 0 Å². The van der Waals surface area contributed by atoms with Crippen LogP contribution >= 0.6 is 0 Å². The maximum absolute atomic E-state index is 14.5. The molecule has 0 saturated heterocycles. The second kappa shape index (κ2) is 19.2. The average Bonchev–Trinajstić information content (AvgIpc) is 3.11. The Kier molecular flexibility index (Phi) is 15.0. The minimum Gasteiger partial charge on any atom is -0.491 e. The zero-order valence-electron chi connectivity index (χ0n) is 30.4. The fourth-order valence-corrected chi connectivity index (χ4v) is 6.34. The lowest BCUT2D eigenvalue weighted by molar-refractivity contribution is -0.147. The summed E-state index contributed by atoms with van der Waals surface area (Å²) in [6.07, 6.45) is 3.15. The van der Waals surface area contributed by atoms with Crippen LogP contribution in [0.15, 0.2) is 42.5 Å². The average molecular weight is 696 g/mol. The molecular weight excluding hydrogens is 638 g/mol. The highest BCUT2D eigenvalue weighted by Gasteiger charge is 2.43. The van der Waals surface area contributed by atoms with Gasteiger partial charge in [-0.3, -0.25) is 14.4 Å². The van der Waals surface area contributed by atoms with Crippen LogP contribution in [-0.4, -0.2) is 101 Å². The van der Waals surface area contributed by atoms with Crippen molar-refractivity contribution in [2.24, 2.45) is 11.1 Å². The summed E-state index contributed by atoms with van der Waals surface area (Å²) in [5.41, 5.74) is 9.04. The van der Waals surface area contributed by atoms with E-state index in [1.165, 1.54) is 5.56 Å². The van der Waals surface area contributed by atoms with Gasteiger partial charge in [-0.05, 0) is 73.0 Å². The fraction of sp³-hybridized carbons (Fsp3) is 0.605. The number of nitrogens with two attached hydrogens (primary N) is 1. The van der Waals surface area contributed by atoms with E-state index in [2.05, 4.69) is 28.1 Å². The maximum Gasteiger partial charge on any atom is 0.246 e. The molecule has 1 aliphatic carbocycles. The monoisotopic (exact) mass is 695 g/mol. The number of carbonyl (C=O) groups excluding carboxylic acids is 3. The summed E-state index contributed by atoms with van der Waals surface area (Å²) in [7, 11) is 1.70. The maximum atomic E-state index is 14.5. The first-order chi connectivity index (χ1) is 24.0. The number of benzene rings is 2. The summed E-state index contributed by atoms with van der Waals surface area (Å²) in [6, 6.07) is 11.8. The molecule has 2 aromatic rings. The smallest absolute Gasteiger partial charge is 0.246 e. The summed E-state index contributed by atoms with van der Waals surface area (Å²) in [6.45, 7) is 11.3. The van der Waals surface area contributed by atoms with E-state index < -0.39 is 23.5 Å². The molecule has 0 radical (unpaired) electrons. The van der Waals surface area contributed by atoms with Gasteiger partial charge in [-0.2, -0.15) is 0 Å². The lowest BCUT2D eigenvalue weighted by Crippen LogP contribution is -2.62. The number of hydrogen-bond acceptors (Lipinski definition) is 9. The molecule has 1 heterocycles. The Bertz CT molecular complexity index is 1410. The number of fused-ring (bicyclic) bond motifs is 2. The van der Waals surface area contributed by atoms with Crippen molar-refractivity contribution < 1.29 is 33.3 Å². The first kappa shape index (κ1) is 39.2. The molecule has 0 unspecified atom stereocenters. The number of rotatable bonds is 18. The van der Waals surface area contributed by atoms with E-state index in [1.807, 2.05) is 51.1 Å². The molecule has 0 bridgehead atoms. The molecule has 2 aromatic carbocycles. The van der Waals surface area contributed by atoms with Crippen molar-refractivity contribution in [2.45, 2.75) is 84.1 Å². The van der Waals surface area contributed by atoms with Crippen molar-refractivity contribution in [1.29, 1.82) is 0 Å². The minimum atomic E-state index is -0.850. The molecule has 2 aliphatic rings. The molecule has 12 nitrogen and oxygen atoms in total. The molecule has 0 spiro atoms. The minimum absolute atomic E-state index is 0.125. The molecule has 0 aromatic heterocycles. The summed E-state index contributed by atoms with van der Waals surface area (Å²) >= 11 is 0. The first-order valence-electron chi connectivity index (χ1n) is 17.9. The van der Waals surface area contributed by atoms with Crippen LogP contribution in [0, 0.1) is 5.41 Å². The molecule has 3 amide bonds. The molecular formula is C38H57N5O7. The molecule has 276 valence electrons. The zero-order valence-corrected chi connectivity index (χ0v) is 30.4. The molecule has 4 atom stereocenters. The Morgan fingerprint density at radius 1 is 0.920 bits per heavy atom. The Morgan fingerprint density at radius 2 is 1.60 bits per heavy atom. The van der Waals surface area contributed by atoms with Gasteiger partial charge in [0.2, 0.25) is 17.7 Å². The quantitative estimate of drug-likeness (QED) is 0.173. The fourth-order valence-electron chi connectivity index (χ4n) is 6.34. The Balaban J connectivity index is 1.47. The van der Waals surface area contributed by atoms with Gasteiger partial charge in [-0.25, -0.2) is 0 Å². The van der Waals surface area contributed by atoms with Gasteiger partial charge in [0, 0.05) is 19.5 Å². The highest BCUT2D eigenvalue weighted by atomic mass is 16.6. The second-order valence-corrected chi connectivity index (χ2v) is 14.1. The summed E-state index contributed by atoms with van der Waals surface area (Å²) < 4.78 is 22.4. The van der Waals surface area contributed by atoms with Gasteiger partial charge in [-0.1, -0.05) is 51.1 Å². The van der Waals surface area contributed by atoms with Gasteiger partial charge in [0.05, 0.1) is 51.7 Å². The van der Waals surface area contributed by atoms with Gasteiger partial charge < -0.3 is 45.5 Å². The SMILES string of the molecule is CN[C@@H](C)C(=O)N[C@H](C(=O)N1Cc2cc(OCCOCCOCCOCCN)ccc2C[C@H]1C(=O)N[C@@H]1CCCc2ccccc21)C(C)(C)C. The summed E-state index contributed by atoms with van der Waals surface area (Å²) in [5, 5.41) is 9.21. The van der Waals surface area contributed by atoms with E-state index in [9.17, 15) is 14.4 Å². The normalized spacial score (nSPS) is 18.4. The zero-order chi connectivity index (χ0) is 36.1. The highest BCUT2D eigenvalue weighted by molar-refractivity contribution is 5.94. The molecule has 1 aliphatic heterocycles. The van der Waals surface area contributed by atoms with Crippen LogP contribution in [0.1, 0.15) is 68.8 Å². The Labute approximate surface area is 297 Å². The van der Waals surface area contributed by atoms with Crippen molar-refractivity contribution in [3.8, 4) is 5.75 Å². The van der Waals surface area contributed by atoms with Crippen molar-refractivity contribution in [2.75, 3.05) is 59.8 Å². The highest BCUT2D eigenvalue weighted by Crippen LogP contribution is 2.33. The van der Waals surface area contributed by atoms with Crippen LogP contribution in [0.3, 0.4) is 0 Å².